The van der Waals surface area contributed by atoms with Gasteiger partial charge in [-0.05, 0) is 43.7 Å². The first-order valence-corrected chi connectivity index (χ1v) is 7.07. The van der Waals surface area contributed by atoms with Gasteiger partial charge in [-0.15, -0.1) is 12.4 Å². The molecule has 112 valence electrons. The van der Waals surface area contributed by atoms with Crippen LogP contribution in [0.25, 0.3) is 0 Å². The number of likely N-dealkylation sites (tertiary alicyclic amines) is 1. The maximum Gasteiger partial charge on any atom is 0.224 e. The molecule has 5 heteroatoms. The molecular formula is C15H24ClN3O. The Morgan fingerprint density at radius 3 is 2.75 bits per heavy atom. The lowest BCUT2D eigenvalue weighted by Crippen LogP contribution is -2.40. The van der Waals surface area contributed by atoms with Crippen molar-refractivity contribution in [3.8, 4) is 0 Å². The zero-order chi connectivity index (χ0) is 13.7. The Labute approximate surface area is 127 Å². The Balaban J connectivity index is 0.00000200. The maximum atomic E-state index is 11.9. The Bertz CT molecular complexity index is 403. The maximum absolute atomic E-state index is 11.9. The summed E-state index contributed by atoms with van der Waals surface area (Å²) in [6, 6.07) is 4.07. The van der Waals surface area contributed by atoms with Crippen LogP contribution in [0.1, 0.15) is 31.7 Å². The van der Waals surface area contributed by atoms with Gasteiger partial charge in [-0.1, -0.05) is 6.07 Å². The van der Waals surface area contributed by atoms with Crippen molar-refractivity contribution in [3.05, 3.63) is 30.1 Å². The van der Waals surface area contributed by atoms with Gasteiger partial charge in [0.15, 0.2) is 0 Å². The van der Waals surface area contributed by atoms with Crippen LogP contribution in [-0.2, 0) is 11.2 Å². The number of nitrogens with two attached hydrogens (primary N) is 1. The zero-order valence-corrected chi connectivity index (χ0v) is 12.8. The minimum Gasteiger partial charge on any atom is -0.343 e. The van der Waals surface area contributed by atoms with E-state index in [1.54, 1.807) is 6.20 Å². The van der Waals surface area contributed by atoms with Crippen LogP contribution in [0, 0.1) is 5.92 Å². The number of amides is 1. The predicted molar refractivity (Wildman–Crippen MR) is 82.8 cm³/mol. The highest BCUT2D eigenvalue weighted by Crippen LogP contribution is 2.21. The number of nitrogens with zero attached hydrogens (tertiary/aromatic N) is 2. The number of hydrogen-bond donors (Lipinski definition) is 1. The number of hydrogen-bond acceptors (Lipinski definition) is 3. The van der Waals surface area contributed by atoms with Crippen LogP contribution < -0.4 is 5.73 Å². The van der Waals surface area contributed by atoms with Crippen molar-refractivity contribution < 1.29 is 4.79 Å². The first kappa shape index (κ1) is 16.9. The SMILES string of the molecule is CC(N)CC(=O)N1CCC(Cc2cccnc2)CC1.Cl. The highest BCUT2D eigenvalue weighted by atomic mass is 35.5. The van der Waals surface area contributed by atoms with Crippen molar-refractivity contribution in [2.45, 2.75) is 38.6 Å². The van der Waals surface area contributed by atoms with Crippen LogP contribution in [0.3, 0.4) is 0 Å². The van der Waals surface area contributed by atoms with Gasteiger partial charge >= 0.3 is 0 Å². The summed E-state index contributed by atoms with van der Waals surface area (Å²) >= 11 is 0. The van der Waals surface area contributed by atoms with Gasteiger partial charge in [0, 0.05) is 37.9 Å². The van der Waals surface area contributed by atoms with Gasteiger partial charge in [-0.25, -0.2) is 0 Å². The molecule has 1 saturated heterocycles. The van der Waals surface area contributed by atoms with Crippen molar-refractivity contribution in [1.29, 1.82) is 0 Å². The summed E-state index contributed by atoms with van der Waals surface area (Å²) in [6.07, 6.45) is 7.45. The molecule has 0 bridgehead atoms. The molecular weight excluding hydrogens is 274 g/mol. The number of carbonyl (C=O) groups is 1. The van der Waals surface area contributed by atoms with Gasteiger partial charge in [-0.3, -0.25) is 9.78 Å². The predicted octanol–water partition coefficient (Wildman–Crippen LogP) is 2.02. The zero-order valence-electron chi connectivity index (χ0n) is 12.0. The van der Waals surface area contributed by atoms with Crippen LogP contribution in [0.15, 0.2) is 24.5 Å². The van der Waals surface area contributed by atoms with Crippen molar-refractivity contribution in [1.82, 2.24) is 9.88 Å². The highest BCUT2D eigenvalue weighted by Gasteiger charge is 2.23. The Hall–Kier alpha value is -1.13. The molecule has 1 unspecified atom stereocenters. The van der Waals surface area contributed by atoms with Gasteiger partial charge in [0.25, 0.3) is 0 Å². The van der Waals surface area contributed by atoms with Crippen molar-refractivity contribution >= 4 is 18.3 Å². The van der Waals surface area contributed by atoms with Crippen LogP contribution >= 0.6 is 12.4 Å². The average Bonchev–Trinajstić information content (AvgIpc) is 2.40. The minimum atomic E-state index is -0.0411. The van der Waals surface area contributed by atoms with Crippen molar-refractivity contribution in [2.24, 2.45) is 11.7 Å². The fourth-order valence-electron chi connectivity index (χ4n) is 2.64. The molecule has 1 fully saturated rings. The summed E-state index contributed by atoms with van der Waals surface area (Å²) in [6.45, 7) is 3.63. The second-order valence-electron chi connectivity index (χ2n) is 5.57. The topological polar surface area (TPSA) is 59.2 Å². The molecule has 1 amide bonds. The molecule has 1 atom stereocenters. The number of rotatable bonds is 4. The summed E-state index contributed by atoms with van der Waals surface area (Å²) in [5, 5.41) is 0. The normalized spacial score (nSPS) is 17.4. The quantitative estimate of drug-likeness (QED) is 0.925. The summed E-state index contributed by atoms with van der Waals surface area (Å²) in [4.78, 5) is 18.0. The second kappa shape index (κ2) is 8.22. The molecule has 0 radical (unpaired) electrons. The standard InChI is InChI=1S/C15H23N3O.ClH/c1-12(16)9-15(19)18-7-4-13(5-8-18)10-14-3-2-6-17-11-14;/h2-3,6,11-13H,4-5,7-10,16H2,1H3;1H. The van der Waals surface area contributed by atoms with E-state index in [2.05, 4.69) is 11.1 Å². The Morgan fingerprint density at radius 2 is 2.20 bits per heavy atom. The highest BCUT2D eigenvalue weighted by molar-refractivity contribution is 5.85. The van der Waals surface area contributed by atoms with Gasteiger partial charge < -0.3 is 10.6 Å². The minimum absolute atomic E-state index is 0. The summed E-state index contributed by atoms with van der Waals surface area (Å²) in [5.41, 5.74) is 6.97. The Morgan fingerprint density at radius 1 is 1.50 bits per heavy atom. The van der Waals surface area contributed by atoms with Gasteiger partial charge in [-0.2, -0.15) is 0 Å². The number of aromatic nitrogens is 1. The number of pyridine rings is 1. The number of carbonyl (C=O) groups excluding carboxylic acids is 1. The molecule has 1 aromatic heterocycles. The van der Waals surface area contributed by atoms with Crippen molar-refractivity contribution in [3.63, 3.8) is 0 Å². The third kappa shape index (κ3) is 5.10. The molecule has 0 aliphatic carbocycles. The van der Waals surface area contributed by atoms with E-state index < -0.39 is 0 Å². The lowest BCUT2D eigenvalue weighted by Gasteiger charge is -2.32. The van der Waals surface area contributed by atoms with E-state index in [0.29, 0.717) is 12.3 Å². The molecule has 2 N–H and O–H groups in total. The van der Waals surface area contributed by atoms with Crippen molar-refractivity contribution in [2.75, 3.05) is 13.1 Å². The van der Waals surface area contributed by atoms with E-state index in [1.165, 1.54) is 5.56 Å². The smallest absolute Gasteiger partial charge is 0.224 e. The van der Waals surface area contributed by atoms with E-state index in [4.69, 9.17) is 5.73 Å². The van der Waals surface area contributed by atoms with E-state index in [9.17, 15) is 4.79 Å². The van der Waals surface area contributed by atoms with Gasteiger partial charge in [0.1, 0.15) is 0 Å². The van der Waals surface area contributed by atoms with Crippen LogP contribution in [0.2, 0.25) is 0 Å². The molecule has 2 heterocycles. The average molecular weight is 298 g/mol. The Kier molecular flexibility index (Phi) is 6.96. The summed E-state index contributed by atoms with van der Waals surface area (Å²) in [7, 11) is 0. The number of halogens is 1. The second-order valence-corrected chi connectivity index (χ2v) is 5.57. The molecule has 1 aliphatic rings. The third-order valence-corrected chi connectivity index (χ3v) is 3.71. The molecule has 0 aromatic carbocycles. The molecule has 1 aromatic rings. The molecule has 0 spiro atoms. The third-order valence-electron chi connectivity index (χ3n) is 3.71. The first-order chi connectivity index (χ1) is 9.15. The van der Waals surface area contributed by atoms with Crippen LogP contribution in [0.5, 0.6) is 0 Å². The molecule has 0 saturated carbocycles. The fourth-order valence-corrected chi connectivity index (χ4v) is 2.64. The molecule has 1 aliphatic heterocycles. The largest absolute Gasteiger partial charge is 0.343 e. The molecule has 4 nitrogen and oxygen atoms in total. The fraction of sp³-hybridized carbons (Fsp3) is 0.600. The van der Waals surface area contributed by atoms with Gasteiger partial charge in [0.05, 0.1) is 0 Å². The van der Waals surface area contributed by atoms with E-state index in [0.717, 1.165) is 32.4 Å². The number of piperidine rings is 1. The first-order valence-electron chi connectivity index (χ1n) is 7.07. The molecule has 2 rings (SSSR count). The summed E-state index contributed by atoms with van der Waals surface area (Å²) < 4.78 is 0. The summed E-state index contributed by atoms with van der Waals surface area (Å²) in [5.74, 6) is 0.873. The van der Waals surface area contributed by atoms with Crippen LogP contribution in [0.4, 0.5) is 0 Å². The molecule has 20 heavy (non-hydrogen) atoms. The monoisotopic (exact) mass is 297 g/mol. The van der Waals surface area contributed by atoms with E-state index in [-0.39, 0.29) is 24.4 Å². The van der Waals surface area contributed by atoms with E-state index in [1.807, 2.05) is 24.1 Å². The lowest BCUT2D eigenvalue weighted by molar-refractivity contribution is -0.132. The van der Waals surface area contributed by atoms with E-state index >= 15 is 0 Å². The van der Waals surface area contributed by atoms with Gasteiger partial charge in [0.2, 0.25) is 5.91 Å². The lowest BCUT2D eigenvalue weighted by atomic mass is 9.90. The van der Waals surface area contributed by atoms with Crippen LogP contribution in [-0.4, -0.2) is 34.9 Å².